The van der Waals surface area contributed by atoms with Crippen LogP contribution in [0, 0.1) is 6.92 Å². The molecule has 0 aliphatic rings. The van der Waals surface area contributed by atoms with Crippen LogP contribution in [-0.4, -0.2) is 31.0 Å². The Balaban J connectivity index is 1.51. The number of para-hydroxylation sites is 1. The Morgan fingerprint density at radius 3 is 2.62 bits per heavy atom. The van der Waals surface area contributed by atoms with Gasteiger partial charge in [0.05, 0.1) is 5.75 Å². The molecule has 6 nitrogen and oxygen atoms in total. The molecule has 0 unspecified atom stereocenters. The van der Waals surface area contributed by atoms with Gasteiger partial charge in [0.15, 0.2) is 11.0 Å². The van der Waals surface area contributed by atoms with Gasteiger partial charge in [-0.1, -0.05) is 47.7 Å². The van der Waals surface area contributed by atoms with E-state index < -0.39 is 0 Å². The lowest BCUT2D eigenvalue weighted by Gasteiger charge is -2.06. The molecular formula is C22H23N5OS. The summed E-state index contributed by atoms with van der Waals surface area (Å²) < 4.78 is 4.16. The SMILES string of the molecule is CCn1cc(-c2nnc(SCC(=O)Nc3ccc(C)cc3)n2C)c2ccccc21. The van der Waals surface area contributed by atoms with Gasteiger partial charge in [-0.05, 0) is 32.0 Å². The Kier molecular flexibility index (Phi) is 5.40. The van der Waals surface area contributed by atoms with Gasteiger partial charge in [-0.2, -0.15) is 0 Å². The van der Waals surface area contributed by atoms with Crippen LogP contribution in [0.5, 0.6) is 0 Å². The Morgan fingerprint density at radius 1 is 1.10 bits per heavy atom. The van der Waals surface area contributed by atoms with Gasteiger partial charge in [-0.15, -0.1) is 10.2 Å². The van der Waals surface area contributed by atoms with E-state index in [2.05, 4.69) is 45.3 Å². The molecule has 1 N–H and O–H groups in total. The maximum absolute atomic E-state index is 12.3. The first-order valence-corrected chi connectivity index (χ1v) is 10.5. The number of thioether (sulfide) groups is 1. The summed E-state index contributed by atoms with van der Waals surface area (Å²) in [5, 5.41) is 13.5. The van der Waals surface area contributed by atoms with Crippen molar-refractivity contribution in [2.75, 3.05) is 11.1 Å². The minimum atomic E-state index is -0.0639. The fraction of sp³-hybridized carbons (Fsp3) is 0.227. The zero-order valence-corrected chi connectivity index (χ0v) is 17.5. The minimum absolute atomic E-state index is 0.0639. The van der Waals surface area contributed by atoms with Crippen LogP contribution in [-0.2, 0) is 18.4 Å². The van der Waals surface area contributed by atoms with E-state index in [1.165, 1.54) is 17.3 Å². The molecule has 0 radical (unpaired) electrons. The number of aromatic nitrogens is 4. The predicted molar refractivity (Wildman–Crippen MR) is 118 cm³/mol. The summed E-state index contributed by atoms with van der Waals surface area (Å²) in [6.45, 7) is 5.03. The maximum Gasteiger partial charge on any atom is 0.234 e. The van der Waals surface area contributed by atoms with Gasteiger partial charge >= 0.3 is 0 Å². The number of hydrogen-bond acceptors (Lipinski definition) is 4. The molecule has 0 spiro atoms. The average Bonchev–Trinajstić information content (AvgIpc) is 3.28. The average molecular weight is 406 g/mol. The lowest BCUT2D eigenvalue weighted by Crippen LogP contribution is -2.14. The van der Waals surface area contributed by atoms with E-state index in [1.54, 1.807) is 0 Å². The summed E-state index contributed by atoms with van der Waals surface area (Å²) in [6, 6.07) is 16.1. The van der Waals surface area contributed by atoms with Crippen LogP contribution < -0.4 is 5.32 Å². The lowest BCUT2D eigenvalue weighted by atomic mass is 10.1. The van der Waals surface area contributed by atoms with E-state index in [-0.39, 0.29) is 11.7 Å². The number of fused-ring (bicyclic) bond motifs is 1. The van der Waals surface area contributed by atoms with Crippen LogP contribution in [0.15, 0.2) is 59.9 Å². The van der Waals surface area contributed by atoms with Crippen LogP contribution in [0.2, 0.25) is 0 Å². The fourth-order valence-corrected chi connectivity index (χ4v) is 4.04. The van der Waals surface area contributed by atoms with Gasteiger partial charge < -0.3 is 14.5 Å². The second-order valence-corrected chi connectivity index (χ2v) is 7.86. The second kappa shape index (κ2) is 8.13. The van der Waals surface area contributed by atoms with Crippen molar-refractivity contribution < 1.29 is 4.79 Å². The van der Waals surface area contributed by atoms with E-state index in [0.29, 0.717) is 5.16 Å². The van der Waals surface area contributed by atoms with Gasteiger partial charge in [-0.3, -0.25) is 4.79 Å². The summed E-state index contributed by atoms with van der Waals surface area (Å²) in [7, 11) is 1.94. The molecule has 7 heteroatoms. The van der Waals surface area contributed by atoms with Gasteiger partial charge in [0, 0.05) is 41.9 Å². The topological polar surface area (TPSA) is 64.7 Å². The van der Waals surface area contributed by atoms with Crippen LogP contribution in [0.3, 0.4) is 0 Å². The van der Waals surface area contributed by atoms with E-state index in [9.17, 15) is 4.79 Å². The molecule has 29 heavy (non-hydrogen) atoms. The molecule has 0 aliphatic heterocycles. The second-order valence-electron chi connectivity index (χ2n) is 6.91. The van der Waals surface area contributed by atoms with Crippen molar-refractivity contribution in [3.63, 3.8) is 0 Å². The highest BCUT2D eigenvalue weighted by molar-refractivity contribution is 7.99. The molecule has 0 aliphatic carbocycles. The molecule has 0 saturated carbocycles. The number of aryl methyl sites for hydroxylation is 2. The van der Waals surface area contributed by atoms with Crippen molar-refractivity contribution in [1.82, 2.24) is 19.3 Å². The Morgan fingerprint density at radius 2 is 1.86 bits per heavy atom. The number of rotatable bonds is 6. The Bertz CT molecular complexity index is 1160. The molecule has 2 aromatic carbocycles. The third-order valence-electron chi connectivity index (χ3n) is 4.87. The van der Waals surface area contributed by atoms with E-state index >= 15 is 0 Å². The van der Waals surface area contributed by atoms with Crippen molar-refractivity contribution in [3.8, 4) is 11.4 Å². The number of amides is 1. The number of nitrogens with one attached hydrogen (secondary N) is 1. The van der Waals surface area contributed by atoms with Crippen molar-refractivity contribution >= 4 is 34.3 Å². The third-order valence-corrected chi connectivity index (χ3v) is 5.89. The number of carbonyl (C=O) groups excluding carboxylic acids is 1. The highest BCUT2D eigenvalue weighted by Crippen LogP contribution is 2.31. The maximum atomic E-state index is 12.3. The molecule has 0 saturated heterocycles. The molecule has 0 bridgehead atoms. The van der Waals surface area contributed by atoms with Crippen molar-refractivity contribution in [3.05, 3.63) is 60.3 Å². The minimum Gasteiger partial charge on any atom is -0.347 e. The largest absolute Gasteiger partial charge is 0.347 e. The molecule has 0 fully saturated rings. The first-order chi connectivity index (χ1) is 14.1. The third kappa shape index (κ3) is 3.91. The van der Waals surface area contributed by atoms with Gasteiger partial charge in [0.1, 0.15) is 0 Å². The molecule has 4 rings (SSSR count). The van der Waals surface area contributed by atoms with E-state index in [0.717, 1.165) is 34.6 Å². The predicted octanol–water partition coefficient (Wildman–Crippen LogP) is 4.50. The van der Waals surface area contributed by atoms with Gasteiger partial charge in [-0.25, -0.2) is 0 Å². The Hall–Kier alpha value is -3.06. The summed E-state index contributed by atoms with van der Waals surface area (Å²) in [5.41, 5.74) is 4.19. The van der Waals surface area contributed by atoms with Gasteiger partial charge in [0.25, 0.3) is 0 Å². The van der Waals surface area contributed by atoms with Crippen molar-refractivity contribution in [2.45, 2.75) is 25.5 Å². The van der Waals surface area contributed by atoms with Crippen LogP contribution >= 0.6 is 11.8 Å². The normalized spacial score (nSPS) is 11.1. The highest BCUT2D eigenvalue weighted by atomic mass is 32.2. The number of carbonyl (C=O) groups is 1. The first kappa shape index (κ1) is 19.3. The van der Waals surface area contributed by atoms with Crippen LogP contribution in [0.4, 0.5) is 5.69 Å². The van der Waals surface area contributed by atoms with Crippen molar-refractivity contribution in [2.24, 2.45) is 7.05 Å². The molecule has 0 atom stereocenters. The summed E-state index contributed by atoms with van der Waals surface area (Å²) in [5.74, 6) is 1.01. The smallest absolute Gasteiger partial charge is 0.234 e. The van der Waals surface area contributed by atoms with E-state index in [4.69, 9.17) is 0 Å². The quantitative estimate of drug-likeness (QED) is 0.480. The molecule has 148 valence electrons. The standard InChI is InChI=1S/C22H23N5OS/c1-4-27-13-18(17-7-5-6-8-19(17)27)21-24-25-22(26(21)3)29-14-20(28)23-16-11-9-15(2)10-12-16/h5-13H,4,14H2,1-3H3,(H,23,28). The van der Waals surface area contributed by atoms with E-state index in [1.807, 2.05) is 54.9 Å². The number of nitrogens with zero attached hydrogens (tertiary/aromatic N) is 4. The highest BCUT2D eigenvalue weighted by Gasteiger charge is 2.17. The zero-order valence-electron chi connectivity index (χ0n) is 16.7. The summed E-state index contributed by atoms with van der Waals surface area (Å²) >= 11 is 1.38. The lowest BCUT2D eigenvalue weighted by molar-refractivity contribution is -0.113. The Labute approximate surface area is 173 Å². The summed E-state index contributed by atoms with van der Waals surface area (Å²) in [6.07, 6.45) is 2.12. The van der Waals surface area contributed by atoms with Crippen LogP contribution in [0.25, 0.3) is 22.3 Å². The number of anilines is 1. The van der Waals surface area contributed by atoms with Crippen LogP contribution in [0.1, 0.15) is 12.5 Å². The first-order valence-electron chi connectivity index (χ1n) is 9.53. The fourth-order valence-electron chi connectivity index (χ4n) is 3.33. The molecule has 4 aromatic rings. The molecular weight excluding hydrogens is 382 g/mol. The molecule has 2 heterocycles. The number of hydrogen-bond donors (Lipinski definition) is 1. The van der Waals surface area contributed by atoms with Gasteiger partial charge in [0.2, 0.25) is 5.91 Å². The molecule has 2 aromatic heterocycles. The summed E-state index contributed by atoms with van der Waals surface area (Å²) in [4.78, 5) is 12.3. The zero-order chi connectivity index (χ0) is 20.4. The molecule has 1 amide bonds. The monoisotopic (exact) mass is 405 g/mol. The van der Waals surface area contributed by atoms with Crippen molar-refractivity contribution in [1.29, 1.82) is 0 Å². The number of benzene rings is 2.